The fourth-order valence-electron chi connectivity index (χ4n) is 1.85. The number of anilines is 2. The van der Waals surface area contributed by atoms with Crippen molar-refractivity contribution in [2.75, 3.05) is 37.8 Å². The summed E-state index contributed by atoms with van der Waals surface area (Å²) in [6.45, 7) is 1.31. The van der Waals surface area contributed by atoms with Gasteiger partial charge in [0.25, 0.3) is 0 Å². The molecule has 0 amide bonds. The predicted molar refractivity (Wildman–Crippen MR) is 70.7 cm³/mol. The molecule has 2 N–H and O–H groups in total. The molecular weight excluding hydrogens is 271 g/mol. The lowest BCUT2D eigenvalue weighted by atomic mass is 10.4. The number of alkyl halides is 3. The van der Waals surface area contributed by atoms with Crippen molar-refractivity contribution in [3.8, 4) is 0 Å². The van der Waals surface area contributed by atoms with E-state index in [1.165, 1.54) is 26.0 Å². The Balaban J connectivity index is 1.98. The van der Waals surface area contributed by atoms with Gasteiger partial charge in [-0.05, 0) is 19.9 Å². The Kier molecular flexibility index (Phi) is 4.32. The minimum atomic E-state index is -4.55. The second-order valence-corrected chi connectivity index (χ2v) is 4.85. The summed E-state index contributed by atoms with van der Waals surface area (Å²) in [5.41, 5.74) is 0. The van der Waals surface area contributed by atoms with E-state index in [2.05, 4.69) is 25.5 Å². The largest absolute Gasteiger partial charge is 0.451 e. The van der Waals surface area contributed by atoms with E-state index < -0.39 is 12.0 Å². The van der Waals surface area contributed by atoms with Gasteiger partial charge in [0.05, 0.1) is 0 Å². The van der Waals surface area contributed by atoms with Crippen LogP contribution in [0.2, 0.25) is 0 Å². The van der Waals surface area contributed by atoms with Gasteiger partial charge in [-0.3, -0.25) is 0 Å². The molecule has 0 aromatic carbocycles. The van der Waals surface area contributed by atoms with Gasteiger partial charge in [-0.1, -0.05) is 0 Å². The standard InChI is InChI=1S/C12H18F3N5/c1-16-9-7-10(19-11(18-9)12(13,14)15)17-5-6-20(2)8-3-4-8/h7-8H,3-6H2,1-2H3,(H2,16,17,18,19). The molecule has 5 nitrogen and oxygen atoms in total. The molecule has 1 aliphatic rings. The lowest BCUT2D eigenvalue weighted by Crippen LogP contribution is -2.27. The van der Waals surface area contributed by atoms with Gasteiger partial charge < -0.3 is 15.5 Å². The van der Waals surface area contributed by atoms with Gasteiger partial charge in [0, 0.05) is 32.2 Å². The number of aromatic nitrogens is 2. The fourth-order valence-corrected chi connectivity index (χ4v) is 1.85. The van der Waals surface area contributed by atoms with Crippen LogP contribution in [0.4, 0.5) is 24.8 Å². The molecule has 0 unspecified atom stereocenters. The second kappa shape index (κ2) is 5.82. The van der Waals surface area contributed by atoms with Crippen molar-refractivity contribution >= 4 is 11.6 Å². The number of nitrogens with zero attached hydrogens (tertiary/aromatic N) is 3. The highest BCUT2D eigenvalue weighted by Crippen LogP contribution is 2.28. The Labute approximate surface area is 115 Å². The van der Waals surface area contributed by atoms with Crippen LogP contribution in [-0.4, -0.2) is 48.1 Å². The third kappa shape index (κ3) is 3.96. The molecular formula is C12H18F3N5. The lowest BCUT2D eigenvalue weighted by molar-refractivity contribution is -0.144. The maximum Gasteiger partial charge on any atom is 0.451 e. The molecule has 0 aliphatic heterocycles. The summed E-state index contributed by atoms with van der Waals surface area (Å²) < 4.78 is 38.0. The zero-order valence-corrected chi connectivity index (χ0v) is 11.5. The van der Waals surface area contributed by atoms with E-state index in [0.29, 0.717) is 12.6 Å². The van der Waals surface area contributed by atoms with Gasteiger partial charge in [0.15, 0.2) is 0 Å². The van der Waals surface area contributed by atoms with Gasteiger partial charge in [0.2, 0.25) is 5.82 Å². The molecule has 0 bridgehead atoms. The molecule has 112 valence electrons. The molecule has 1 aliphatic carbocycles. The number of rotatable bonds is 6. The maximum absolute atomic E-state index is 12.7. The van der Waals surface area contributed by atoms with E-state index in [9.17, 15) is 13.2 Å². The molecule has 1 aromatic heterocycles. The molecule has 1 heterocycles. The van der Waals surface area contributed by atoms with Crippen LogP contribution in [0, 0.1) is 0 Å². The summed E-state index contributed by atoms with van der Waals surface area (Å²) in [5, 5.41) is 5.52. The third-order valence-corrected chi connectivity index (χ3v) is 3.18. The minimum absolute atomic E-state index is 0.144. The average molecular weight is 289 g/mol. The molecule has 0 spiro atoms. The molecule has 2 rings (SSSR count). The van der Waals surface area contributed by atoms with Crippen LogP contribution in [0.3, 0.4) is 0 Å². The quantitative estimate of drug-likeness (QED) is 0.839. The highest BCUT2D eigenvalue weighted by atomic mass is 19.4. The van der Waals surface area contributed by atoms with Gasteiger partial charge >= 0.3 is 6.18 Å². The summed E-state index contributed by atoms with van der Waals surface area (Å²) >= 11 is 0. The number of nitrogens with one attached hydrogen (secondary N) is 2. The van der Waals surface area contributed by atoms with Crippen molar-refractivity contribution in [3.05, 3.63) is 11.9 Å². The van der Waals surface area contributed by atoms with Crippen LogP contribution in [0.1, 0.15) is 18.7 Å². The maximum atomic E-state index is 12.7. The van der Waals surface area contributed by atoms with E-state index in [1.807, 2.05) is 7.05 Å². The lowest BCUT2D eigenvalue weighted by Gasteiger charge is -2.16. The van der Waals surface area contributed by atoms with Crippen molar-refractivity contribution < 1.29 is 13.2 Å². The molecule has 0 radical (unpaired) electrons. The zero-order valence-electron chi connectivity index (χ0n) is 11.5. The highest BCUT2D eigenvalue weighted by Gasteiger charge is 2.35. The van der Waals surface area contributed by atoms with Gasteiger partial charge in [0.1, 0.15) is 11.6 Å². The summed E-state index contributed by atoms with van der Waals surface area (Å²) in [4.78, 5) is 9.10. The van der Waals surface area contributed by atoms with Gasteiger partial charge in [-0.25, -0.2) is 9.97 Å². The second-order valence-electron chi connectivity index (χ2n) is 4.85. The first-order valence-electron chi connectivity index (χ1n) is 6.48. The fraction of sp³-hybridized carbons (Fsp3) is 0.667. The van der Waals surface area contributed by atoms with Crippen LogP contribution in [0.5, 0.6) is 0 Å². The van der Waals surface area contributed by atoms with Crippen LogP contribution in [0.15, 0.2) is 6.07 Å². The van der Waals surface area contributed by atoms with Gasteiger partial charge in [-0.15, -0.1) is 0 Å². The smallest absolute Gasteiger partial charge is 0.373 e. The van der Waals surface area contributed by atoms with E-state index >= 15 is 0 Å². The van der Waals surface area contributed by atoms with Crippen LogP contribution >= 0.6 is 0 Å². The first-order chi connectivity index (χ1) is 9.40. The molecule has 1 aromatic rings. The Morgan fingerprint density at radius 2 is 1.95 bits per heavy atom. The molecule has 1 saturated carbocycles. The number of halogens is 3. The Hall–Kier alpha value is -1.57. The average Bonchev–Trinajstić information content (AvgIpc) is 3.21. The summed E-state index contributed by atoms with van der Waals surface area (Å²) in [5.74, 6) is -0.811. The molecule has 1 fully saturated rings. The third-order valence-electron chi connectivity index (χ3n) is 3.18. The highest BCUT2D eigenvalue weighted by molar-refractivity contribution is 5.47. The normalized spacial score (nSPS) is 15.5. The van der Waals surface area contributed by atoms with Crippen molar-refractivity contribution in [2.45, 2.75) is 25.1 Å². The molecule has 8 heteroatoms. The van der Waals surface area contributed by atoms with Crippen LogP contribution in [-0.2, 0) is 6.18 Å². The van der Waals surface area contributed by atoms with Crippen molar-refractivity contribution in [1.29, 1.82) is 0 Å². The van der Waals surface area contributed by atoms with E-state index in [1.54, 1.807) is 0 Å². The summed E-state index contributed by atoms with van der Waals surface area (Å²) in [6, 6.07) is 2.09. The molecule has 20 heavy (non-hydrogen) atoms. The van der Waals surface area contributed by atoms with Crippen LogP contribution < -0.4 is 10.6 Å². The first-order valence-corrected chi connectivity index (χ1v) is 6.48. The van der Waals surface area contributed by atoms with Crippen molar-refractivity contribution in [1.82, 2.24) is 14.9 Å². The Morgan fingerprint density at radius 1 is 1.30 bits per heavy atom. The van der Waals surface area contributed by atoms with E-state index in [4.69, 9.17) is 0 Å². The summed E-state index contributed by atoms with van der Waals surface area (Å²) in [6.07, 6.45) is -2.15. The van der Waals surface area contributed by atoms with E-state index in [-0.39, 0.29) is 11.6 Å². The first kappa shape index (κ1) is 14.8. The molecule has 0 atom stereocenters. The monoisotopic (exact) mass is 289 g/mol. The number of hydrogen-bond acceptors (Lipinski definition) is 5. The predicted octanol–water partition coefficient (Wildman–Crippen LogP) is 2.04. The molecule has 0 saturated heterocycles. The van der Waals surface area contributed by atoms with Crippen molar-refractivity contribution in [2.24, 2.45) is 0 Å². The summed E-state index contributed by atoms with van der Waals surface area (Å²) in [7, 11) is 3.53. The van der Waals surface area contributed by atoms with Crippen LogP contribution in [0.25, 0.3) is 0 Å². The zero-order chi connectivity index (χ0) is 14.8. The van der Waals surface area contributed by atoms with Gasteiger partial charge in [-0.2, -0.15) is 13.2 Å². The van der Waals surface area contributed by atoms with Crippen molar-refractivity contribution in [3.63, 3.8) is 0 Å². The number of likely N-dealkylation sites (N-methyl/N-ethyl adjacent to an activating group) is 1. The minimum Gasteiger partial charge on any atom is -0.373 e. The SMILES string of the molecule is CNc1cc(NCCN(C)C2CC2)nc(C(F)(F)F)n1. The van der Waals surface area contributed by atoms with E-state index in [0.717, 1.165) is 6.54 Å². The topological polar surface area (TPSA) is 53.1 Å². The Bertz CT molecular complexity index is 459. The number of hydrogen-bond donors (Lipinski definition) is 2. The Morgan fingerprint density at radius 3 is 2.50 bits per heavy atom.